The standard InChI is InChI=1S/C24H27N3O4S/c1-5-19-9-7-8-10-21(19)27(4)32(29,30)20-14-11-18(12-15-20)13-16-22-24(17(3)26-31-22)25-23(28)6-2/h7-16H,5-6H2,1-4H3,(H,25,28)/b16-13-. The van der Waals surface area contributed by atoms with Gasteiger partial charge in [0.1, 0.15) is 11.4 Å². The van der Waals surface area contributed by atoms with Crippen LogP contribution in [0.25, 0.3) is 12.2 Å². The number of carbonyl (C=O) groups excluding carboxylic acids is 1. The molecule has 3 rings (SSSR count). The van der Waals surface area contributed by atoms with E-state index in [4.69, 9.17) is 4.52 Å². The van der Waals surface area contributed by atoms with E-state index in [9.17, 15) is 13.2 Å². The summed E-state index contributed by atoms with van der Waals surface area (Å²) in [6.07, 6.45) is 4.55. The average Bonchev–Trinajstić information content (AvgIpc) is 3.16. The highest BCUT2D eigenvalue weighted by atomic mass is 32.2. The van der Waals surface area contributed by atoms with Crippen molar-refractivity contribution in [2.24, 2.45) is 0 Å². The van der Waals surface area contributed by atoms with Gasteiger partial charge in [0, 0.05) is 13.5 Å². The van der Waals surface area contributed by atoms with Gasteiger partial charge in [-0.25, -0.2) is 8.42 Å². The number of sulfonamides is 1. The minimum atomic E-state index is -3.70. The first-order valence-electron chi connectivity index (χ1n) is 10.4. The minimum Gasteiger partial charge on any atom is -0.354 e. The van der Waals surface area contributed by atoms with Crippen LogP contribution in [0.2, 0.25) is 0 Å². The van der Waals surface area contributed by atoms with E-state index in [1.54, 1.807) is 57.3 Å². The van der Waals surface area contributed by atoms with Gasteiger partial charge in [-0.3, -0.25) is 9.10 Å². The topological polar surface area (TPSA) is 92.5 Å². The predicted molar refractivity (Wildman–Crippen MR) is 127 cm³/mol. The Hall–Kier alpha value is -3.39. The molecule has 1 N–H and O–H groups in total. The number of anilines is 2. The van der Waals surface area contributed by atoms with Gasteiger partial charge < -0.3 is 9.84 Å². The third-order valence-corrected chi connectivity index (χ3v) is 6.94. The third-order valence-electron chi connectivity index (χ3n) is 5.15. The molecule has 0 bridgehead atoms. The highest BCUT2D eigenvalue weighted by Crippen LogP contribution is 2.27. The lowest BCUT2D eigenvalue weighted by molar-refractivity contribution is -0.115. The molecule has 0 aliphatic heterocycles. The van der Waals surface area contributed by atoms with Crippen molar-refractivity contribution in [3.8, 4) is 0 Å². The molecule has 32 heavy (non-hydrogen) atoms. The van der Waals surface area contributed by atoms with Crippen LogP contribution in [0, 0.1) is 6.92 Å². The molecule has 7 nitrogen and oxygen atoms in total. The van der Waals surface area contributed by atoms with E-state index in [1.165, 1.54) is 4.31 Å². The molecule has 0 saturated heterocycles. The van der Waals surface area contributed by atoms with Crippen LogP contribution < -0.4 is 9.62 Å². The Morgan fingerprint density at radius 3 is 2.44 bits per heavy atom. The van der Waals surface area contributed by atoms with Crippen LogP contribution in [0.3, 0.4) is 0 Å². The number of aryl methyl sites for hydroxylation is 2. The van der Waals surface area contributed by atoms with E-state index >= 15 is 0 Å². The van der Waals surface area contributed by atoms with Crippen molar-refractivity contribution < 1.29 is 17.7 Å². The van der Waals surface area contributed by atoms with Gasteiger partial charge >= 0.3 is 0 Å². The zero-order chi connectivity index (χ0) is 23.3. The number of amides is 1. The fraction of sp³-hybridized carbons (Fsp3) is 0.250. The van der Waals surface area contributed by atoms with Gasteiger partial charge in [-0.05, 0) is 48.7 Å². The van der Waals surface area contributed by atoms with Gasteiger partial charge in [0.25, 0.3) is 10.0 Å². The maximum absolute atomic E-state index is 13.1. The monoisotopic (exact) mass is 453 g/mol. The normalized spacial score (nSPS) is 11.6. The summed E-state index contributed by atoms with van der Waals surface area (Å²) in [4.78, 5) is 11.9. The summed E-state index contributed by atoms with van der Waals surface area (Å²) in [7, 11) is -2.13. The molecule has 3 aromatic rings. The lowest BCUT2D eigenvalue weighted by Crippen LogP contribution is -2.27. The Labute approximate surface area is 188 Å². The van der Waals surface area contributed by atoms with Crippen LogP contribution in [-0.4, -0.2) is 26.5 Å². The summed E-state index contributed by atoms with van der Waals surface area (Å²) < 4.78 is 32.8. The molecule has 1 aromatic heterocycles. The molecule has 0 spiro atoms. The zero-order valence-electron chi connectivity index (χ0n) is 18.6. The predicted octanol–water partition coefficient (Wildman–Crippen LogP) is 4.89. The summed E-state index contributed by atoms with van der Waals surface area (Å²) in [6.45, 7) is 5.51. The highest BCUT2D eigenvalue weighted by Gasteiger charge is 2.22. The van der Waals surface area contributed by atoms with E-state index in [1.807, 2.05) is 31.2 Å². The number of aromatic nitrogens is 1. The number of benzene rings is 2. The van der Waals surface area contributed by atoms with Crippen molar-refractivity contribution in [2.75, 3.05) is 16.7 Å². The minimum absolute atomic E-state index is 0.130. The summed E-state index contributed by atoms with van der Waals surface area (Å²) in [6, 6.07) is 14.1. The molecule has 0 aliphatic rings. The molecule has 0 saturated carbocycles. The van der Waals surface area contributed by atoms with Crippen LogP contribution in [0.5, 0.6) is 0 Å². The Morgan fingerprint density at radius 2 is 1.78 bits per heavy atom. The molecule has 0 aliphatic carbocycles. The molecule has 0 unspecified atom stereocenters. The largest absolute Gasteiger partial charge is 0.354 e. The molecule has 168 valence electrons. The van der Waals surface area contributed by atoms with E-state index in [0.29, 0.717) is 29.2 Å². The lowest BCUT2D eigenvalue weighted by Gasteiger charge is -2.22. The number of carbonyl (C=O) groups is 1. The Bertz CT molecular complexity index is 1230. The molecule has 8 heteroatoms. The molecule has 0 fully saturated rings. The maximum Gasteiger partial charge on any atom is 0.264 e. The summed E-state index contributed by atoms with van der Waals surface area (Å²) in [5.74, 6) is 0.297. The number of nitrogens with zero attached hydrogens (tertiary/aromatic N) is 2. The number of rotatable bonds is 8. The van der Waals surface area contributed by atoms with Crippen LogP contribution in [0.4, 0.5) is 11.4 Å². The second-order valence-corrected chi connectivity index (χ2v) is 9.24. The van der Waals surface area contributed by atoms with Crippen molar-refractivity contribution in [1.29, 1.82) is 0 Å². The van der Waals surface area contributed by atoms with E-state index in [2.05, 4.69) is 10.5 Å². The van der Waals surface area contributed by atoms with Crippen LogP contribution in [0.1, 0.15) is 42.8 Å². The van der Waals surface area contributed by atoms with E-state index < -0.39 is 10.0 Å². The van der Waals surface area contributed by atoms with Crippen molar-refractivity contribution in [3.63, 3.8) is 0 Å². The first kappa shape index (κ1) is 23.3. The maximum atomic E-state index is 13.1. The van der Waals surface area contributed by atoms with Crippen LogP contribution >= 0.6 is 0 Å². The Balaban J connectivity index is 1.82. The second-order valence-electron chi connectivity index (χ2n) is 7.27. The summed E-state index contributed by atoms with van der Waals surface area (Å²) >= 11 is 0. The summed E-state index contributed by atoms with van der Waals surface area (Å²) in [5.41, 5.74) is 3.53. The number of nitrogens with one attached hydrogen (secondary N) is 1. The van der Waals surface area contributed by atoms with Gasteiger partial charge in [-0.1, -0.05) is 55.4 Å². The second kappa shape index (κ2) is 9.82. The molecule has 0 atom stereocenters. The van der Waals surface area contributed by atoms with Gasteiger partial charge in [0.05, 0.1) is 10.6 Å². The number of hydrogen-bond acceptors (Lipinski definition) is 5. The van der Waals surface area contributed by atoms with Crippen molar-refractivity contribution in [3.05, 3.63) is 71.1 Å². The lowest BCUT2D eigenvalue weighted by atomic mass is 10.1. The van der Waals surface area contributed by atoms with Crippen LogP contribution in [0.15, 0.2) is 57.9 Å². The fourth-order valence-corrected chi connectivity index (χ4v) is 4.44. The van der Waals surface area contributed by atoms with Gasteiger partial charge in [-0.15, -0.1) is 0 Å². The van der Waals surface area contributed by atoms with Gasteiger partial charge in [-0.2, -0.15) is 0 Å². The van der Waals surface area contributed by atoms with Gasteiger partial charge in [0.2, 0.25) is 5.91 Å². The first-order valence-corrected chi connectivity index (χ1v) is 11.8. The Kier molecular flexibility index (Phi) is 7.15. The number of para-hydroxylation sites is 1. The molecule has 0 radical (unpaired) electrons. The smallest absolute Gasteiger partial charge is 0.264 e. The van der Waals surface area contributed by atoms with Gasteiger partial charge in [0.15, 0.2) is 5.76 Å². The molecule has 1 heterocycles. The Morgan fingerprint density at radius 1 is 1.09 bits per heavy atom. The summed E-state index contributed by atoms with van der Waals surface area (Å²) in [5, 5.41) is 6.68. The van der Waals surface area contributed by atoms with Crippen molar-refractivity contribution >= 4 is 39.5 Å². The number of hydrogen-bond donors (Lipinski definition) is 1. The van der Waals surface area contributed by atoms with Crippen LogP contribution in [-0.2, 0) is 21.2 Å². The third kappa shape index (κ3) is 4.91. The average molecular weight is 454 g/mol. The molecule has 2 aromatic carbocycles. The first-order chi connectivity index (χ1) is 15.3. The highest BCUT2D eigenvalue weighted by molar-refractivity contribution is 7.92. The zero-order valence-corrected chi connectivity index (χ0v) is 19.4. The SMILES string of the molecule is CCC(=O)Nc1c(C)noc1/C=C\c1ccc(S(=O)(=O)N(C)c2ccccc2CC)cc1. The fourth-order valence-electron chi connectivity index (χ4n) is 3.21. The van der Waals surface area contributed by atoms with Crippen molar-refractivity contribution in [1.82, 2.24) is 5.16 Å². The quantitative estimate of drug-likeness (QED) is 0.524. The molecular formula is C24H27N3O4S. The molecule has 1 amide bonds. The van der Waals surface area contributed by atoms with E-state index in [-0.39, 0.29) is 10.8 Å². The van der Waals surface area contributed by atoms with Crippen molar-refractivity contribution in [2.45, 2.75) is 38.5 Å². The molecular weight excluding hydrogens is 426 g/mol. The van der Waals surface area contributed by atoms with E-state index in [0.717, 1.165) is 17.5 Å².